The van der Waals surface area contributed by atoms with E-state index in [1.54, 1.807) is 11.8 Å². The number of rotatable bonds is 6. The van der Waals surface area contributed by atoms with Gasteiger partial charge in [0.05, 0.1) is 17.9 Å². The lowest BCUT2D eigenvalue weighted by Gasteiger charge is -2.19. The number of aryl methyl sites for hydroxylation is 1. The first-order valence-electron chi connectivity index (χ1n) is 5.23. The number of aliphatic hydroxyl groups is 1. The van der Waals surface area contributed by atoms with Crippen LogP contribution in [0.3, 0.4) is 0 Å². The van der Waals surface area contributed by atoms with Gasteiger partial charge in [0.15, 0.2) is 0 Å². The van der Waals surface area contributed by atoms with Crippen molar-refractivity contribution in [2.24, 2.45) is 7.05 Å². The van der Waals surface area contributed by atoms with E-state index in [0.717, 1.165) is 18.5 Å². The van der Waals surface area contributed by atoms with E-state index in [2.05, 4.69) is 17.2 Å². The number of ether oxygens (including phenoxy) is 1. The summed E-state index contributed by atoms with van der Waals surface area (Å²) in [5.74, 6) is 0. The summed E-state index contributed by atoms with van der Waals surface area (Å²) >= 11 is 0. The van der Waals surface area contributed by atoms with Crippen molar-refractivity contribution < 1.29 is 9.84 Å². The second-order valence-electron chi connectivity index (χ2n) is 3.72. The van der Waals surface area contributed by atoms with Crippen LogP contribution in [0.1, 0.15) is 25.5 Å². The molecule has 1 heterocycles. The topological polar surface area (TPSA) is 60.2 Å². The van der Waals surface area contributed by atoms with Crippen LogP contribution < -0.4 is 0 Å². The molecule has 0 aliphatic rings. The Morgan fingerprint density at radius 3 is 2.80 bits per heavy atom. The van der Waals surface area contributed by atoms with Crippen molar-refractivity contribution in [3.8, 4) is 0 Å². The van der Waals surface area contributed by atoms with Crippen LogP contribution in [0.15, 0.2) is 6.20 Å². The molecule has 0 aliphatic carbocycles. The van der Waals surface area contributed by atoms with Gasteiger partial charge >= 0.3 is 0 Å². The van der Waals surface area contributed by atoms with Crippen molar-refractivity contribution in [3.05, 3.63) is 11.9 Å². The van der Waals surface area contributed by atoms with Crippen LogP contribution in [0.2, 0.25) is 0 Å². The summed E-state index contributed by atoms with van der Waals surface area (Å²) < 4.78 is 6.86. The van der Waals surface area contributed by atoms with Gasteiger partial charge in [-0.3, -0.25) is 4.68 Å². The van der Waals surface area contributed by atoms with E-state index in [-0.39, 0.29) is 6.10 Å². The normalized spacial score (nSPS) is 15.2. The minimum atomic E-state index is -0.508. The molecule has 1 N–H and O–H groups in total. The van der Waals surface area contributed by atoms with Gasteiger partial charge in [-0.2, -0.15) is 0 Å². The molecule has 1 rings (SSSR count). The van der Waals surface area contributed by atoms with Gasteiger partial charge in [-0.25, -0.2) is 0 Å². The minimum absolute atomic E-state index is 0.114. The number of hydrogen-bond acceptors (Lipinski definition) is 4. The number of aliphatic hydroxyl groups excluding tert-OH is 1. The molecule has 15 heavy (non-hydrogen) atoms. The summed E-state index contributed by atoms with van der Waals surface area (Å²) in [5.41, 5.74) is 0.795. The predicted molar refractivity (Wildman–Crippen MR) is 56.4 cm³/mol. The second-order valence-corrected chi connectivity index (χ2v) is 3.72. The van der Waals surface area contributed by atoms with Crippen LogP contribution in [0.25, 0.3) is 0 Å². The molecule has 5 heteroatoms. The van der Waals surface area contributed by atoms with Crippen LogP contribution in [-0.2, 0) is 18.2 Å². The Morgan fingerprint density at radius 1 is 1.60 bits per heavy atom. The standard InChI is InChI=1S/C10H19N3O2/c1-4-5-10(15-3)9(14)6-8-7-13(2)12-11-8/h7,9-10,14H,4-6H2,1-3H3. The first-order chi connectivity index (χ1) is 7.17. The van der Waals surface area contributed by atoms with E-state index < -0.39 is 6.10 Å². The Balaban J connectivity index is 2.49. The molecule has 1 aromatic heterocycles. The highest BCUT2D eigenvalue weighted by atomic mass is 16.5. The number of methoxy groups -OCH3 is 1. The van der Waals surface area contributed by atoms with E-state index in [4.69, 9.17) is 4.74 Å². The highest BCUT2D eigenvalue weighted by molar-refractivity contribution is 4.95. The van der Waals surface area contributed by atoms with Crippen molar-refractivity contribution in [3.63, 3.8) is 0 Å². The Kier molecular flexibility index (Phi) is 4.71. The maximum Gasteiger partial charge on any atom is 0.0858 e. The molecule has 2 unspecified atom stereocenters. The molecule has 0 saturated carbocycles. The maximum atomic E-state index is 9.90. The highest BCUT2D eigenvalue weighted by Crippen LogP contribution is 2.10. The molecule has 0 aromatic carbocycles. The average molecular weight is 213 g/mol. The van der Waals surface area contributed by atoms with Crippen molar-refractivity contribution in [2.75, 3.05) is 7.11 Å². The van der Waals surface area contributed by atoms with Crippen molar-refractivity contribution in [1.82, 2.24) is 15.0 Å². The Bertz CT molecular complexity index is 288. The van der Waals surface area contributed by atoms with Gasteiger partial charge in [0, 0.05) is 26.8 Å². The fraction of sp³-hybridized carbons (Fsp3) is 0.800. The molecule has 0 fully saturated rings. The Labute approximate surface area is 90.1 Å². The largest absolute Gasteiger partial charge is 0.390 e. The third-order valence-electron chi connectivity index (χ3n) is 2.37. The van der Waals surface area contributed by atoms with Crippen molar-refractivity contribution >= 4 is 0 Å². The van der Waals surface area contributed by atoms with Crippen LogP contribution >= 0.6 is 0 Å². The zero-order valence-corrected chi connectivity index (χ0v) is 9.55. The van der Waals surface area contributed by atoms with Crippen molar-refractivity contribution in [2.45, 2.75) is 38.4 Å². The summed E-state index contributed by atoms with van der Waals surface area (Å²) in [6, 6.07) is 0. The lowest BCUT2D eigenvalue weighted by Crippen LogP contribution is -2.29. The molecule has 2 atom stereocenters. The number of nitrogens with zero attached hydrogens (tertiary/aromatic N) is 3. The number of hydrogen-bond donors (Lipinski definition) is 1. The zero-order chi connectivity index (χ0) is 11.3. The van der Waals surface area contributed by atoms with Crippen LogP contribution in [0, 0.1) is 0 Å². The first-order valence-corrected chi connectivity index (χ1v) is 5.23. The predicted octanol–water partition coefficient (Wildman–Crippen LogP) is 0.534. The van der Waals surface area contributed by atoms with E-state index in [1.165, 1.54) is 0 Å². The lowest BCUT2D eigenvalue weighted by atomic mass is 10.0. The first kappa shape index (κ1) is 12.1. The molecule has 0 radical (unpaired) electrons. The van der Waals surface area contributed by atoms with Gasteiger partial charge in [0.2, 0.25) is 0 Å². The molecule has 0 saturated heterocycles. The van der Waals surface area contributed by atoms with Crippen LogP contribution in [-0.4, -0.2) is 39.4 Å². The van der Waals surface area contributed by atoms with Crippen LogP contribution in [0.5, 0.6) is 0 Å². The second kappa shape index (κ2) is 5.82. The molecule has 0 amide bonds. The quantitative estimate of drug-likeness (QED) is 0.749. The summed E-state index contributed by atoms with van der Waals surface area (Å²) in [6.07, 6.45) is 3.53. The van der Waals surface area contributed by atoms with Gasteiger partial charge in [0.25, 0.3) is 0 Å². The molecule has 0 aliphatic heterocycles. The maximum absolute atomic E-state index is 9.90. The summed E-state index contributed by atoms with van der Waals surface area (Å²) in [6.45, 7) is 2.07. The third kappa shape index (κ3) is 3.60. The highest BCUT2D eigenvalue weighted by Gasteiger charge is 2.19. The van der Waals surface area contributed by atoms with Gasteiger partial charge < -0.3 is 9.84 Å². The monoisotopic (exact) mass is 213 g/mol. The lowest BCUT2D eigenvalue weighted by molar-refractivity contribution is -0.0163. The molecule has 86 valence electrons. The zero-order valence-electron chi connectivity index (χ0n) is 9.55. The minimum Gasteiger partial charge on any atom is -0.390 e. The Hall–Kier alpha value is -0.940. The fourth-order valence-electron chi connectivity index (χ4n) is 1.59. The Morgan fingerprint density at radius 2 is 2.33 bits per heavy atom. The van der Waals surface area contributed by atoms with E-state index in [1.807, 2.05) is 13.2 Å². The summed E-state index contributed by atoms with van der Waals surface area (Å²) in [7, 11) is 3.43. The fourth-order valence-corrected chi connectivity index (χ4v) is 1.59. The SMILES string of the molecule is CCCC(OC)C(O)Cc1cn(C)nn1. The molecular weight excluding hydrogens is 194 g/mol. The molecule has 0 bridgehead atoms. The van der Waals surface area contributed by atoms with E-state index in [9.17, 15) is 5.11 Å². The molecule has 5 nitrogen and oxygen atoms in total. The van der Waals surface area contributed by atoms with Gasteiger partial charge in [-0.05, 0) is 6.42 Å². The molecule has 1 aromatic rings. The van der Waals surface area contributed by atoms with Gasteiger partial charge in [0.1, 0.15) is 0 Å². The van der Waals surface area contributed by atoms with E-state index in [0.29, 0.717) is 6.42 Å². The smallest absolute Gasteiger partial charge is 0.0858 e. The third-order valence-corrected chi connectivity index (χ3v) is 2.37. The van der Waals surface area contributed by atoms with Gasteiger partial charge in [-0.15, -0.1) is 5.10 Å². The molecule has 0 spiro atoms. The number of aromatic nitrogens is 3. The summed E-state index contributed by atoms with van der Waals surface area (Å²) in [4.78, 5) is 0. The molecular formula is C10H19N3O2. The van der Waals surface area contributed by atoms with Crippen molar-refractivity contribution in [1.29, 1.82) is 0 Å². The van der Waals surface area contributed by atoms with Crippen LogP contribution in [0.4, 0.5) is 0 Å². The average Bonchev–Trinajstić information content (AvgIpc) is 2.60. The van der Waals surface area contributed by atoms with E-state index >= 15 is 0 Å². The summed E-state index contributed by atoms with van der Waals surface area (Å²) in [5, 5.41) is 17.6. The van der Waals surface area contributed by atoms with Gasteiger partial charge in [-0.1, -0.05) is 18.6 Å².